The molecular formula is C16H26N4O2S. The number of pyridine rings is 1. The molecule has 128 valence electrons. The second-order valence-electron chi connectivity index (χ2n) is 6.56. The molecule has 0 spiro atoms. The molecule has 0 aliphatic carbocycles. The van der Waals surface area contributed by atoms with Gasteiger partial charge in [-0.2, -0.15) is 0 Å². The normalized spacial score (nSPS) is 23.3. The molecule has 0 radical (unpaired) electrons. The highest BCUT2D eigenvalue weighted by molar-refractivity contribution is 7.88. The highest BCUT2D eigenvalue weighted by atomic mass is 32.2. The summed E-state index contributed by atoms with van der Waals surface area (Å²) in [7, 11) is -3.08. The molecule has 1 aromatic rings. The number of sulfonamides is 1. The lowest BCUT2D eigenvalue weighted by Gasteiger charge is -2.31. The predicted octanol–water partition coefficient (Wildman–Crippen LogP) is 1.20. The third-order valence-electron chi connectivity index (χ3n) is 4.69. The molecule has 0 bridgehead atoms. The first kappa shape index (κ1) is 16.7. The lowest BCUT2D eigenvalue weighted by molar-refractivity contribution is 0.284. The number of hydrogen-bond donors (Lipinski definition) is 1. The Bertz CT molecular complexity index is 611. The van der Waals surface area contributed by atoms with Crippen LogP contribution < -0.4 is 10.2 Å². The van der Waals surface area contributed by atoms with Gasteiger partial charge in [-0.3, -0.25) is 0 Å². The number of nitrogens with one attached hydrogen (secondary N) is 1. The Balaban J connectivity index is 1.51. The molecule has 0 unspecified atom stereocenters. The average molecular weight is 338 g/mol. The number of aromatic nitrogens is 1. The number of nitrogens with zero attached hydrogens (tertiary/aromatic N) is 3. The van der Waals surface area contributed by atoms with Crippen LogP contribution in [0.15, 0.2) is 18.3 Å². The monoisotopic (exact) mass is 338 g/mol. The Hall–Kier alpha value is -1.18. The summed E-state index contributed by atoms with van der Waals surface area (Å²) in [6.45, 7) is 4.15. The van der Waals surface area contributed by atoms with Gasteiger partial charge >= 0.3 is 0 Å². The lowest BCUT2D eigenvalue weighted by atomic mass is 10.1. The topological polar surface area (TPSA) is 65.5 Å². The molecule has 23 heavy (non-hydrogen) atoms. The van der Waals surface area contributed by atoms with Gasteiger partial charge in [0.2, 0.25) is 10.0 Å². The van der Waals surface area contributed by atoms with E-state index >= 15 is 0 Å². The fraction of sp³-hybridized carbons (Fsp3) is 0.688. The van der Waals surface area contributed by atoms with E-state index in [1.54, 1.807) is 4.31 Å². The van der Waals surface area contributed by atoms with Crippen molar-refractivity contribution in [1.29, 1.82) is 0 Å². The summed E-state index contributed by atoms with van der Waals surface area (Å²) in [4.78, 5) is 6.88. The Morgan fingerprint density at radius 2 is 2.00 bits per heavy atom. The van der Waals surface area contributed by atoms with Crippen LogP contribution in [-0.4, -0.2) is 56.2 Å². The van der Waals surface area contributed by atoms with Crippen LogP contribution in [0.3, 0.4) is 0 Å². The molecule has 2 aliphatic heterocycles. The maximum Gasteiger partial charge on any atom is 0.211 e. The van der Waals surface area contributed by atoms with Crippen molar-refractivity contribution in [2.24, 2.45) is 0 Å². The summed E-state index contributed by atoms with van der Waals surface area (Å²) in [5.41, 5.74) is 1.14. The molecular weight excluding hydrogens is 312 g/mol. The summed E-state index contributed by atoms with van der Waals surface area (Å²) in [5, 5.41) is 3.47. The zero-order valence-electron chi connectivity index (χ0n) is 13.7. The van der Waals surface area contributed by atoms with Crippen molar-refractivity contribution in [3.8, 4) is 0 Å². The summed E-state index contributed by atoms with van der Waals surface area (Å²) >= 11 is 0. The van der Waals surface area contributed by atoms with Crippen molar-refractivity contribution in [1.82, 2.24) is 14.6 Å². The van der Waals surface area contributed by atoms with Gasteiger partial charge in [0.25, 0.3) is 0 Å². The molecule has 0 amide bonds. The van der Waals surface area contributed by atoms with Crippen LogP contribution in [0, 0.1) is 0 Å². The van der Waals surface area contributed by atoms with E-state index in [9.17, 15) is 8.42 Å². The highest BCUT2D eigenvalue weighted by Gasteiger charge is 2.25. The number of anilines is 1. The molecule has 1 N–H and O–H groups in total. The van der Waals surface area contributed by atoms with Gasteiger partial charge in [0, 0.05) is 45.0 Å². The highest BCUT2D eigenvalue weighted by Crippen LogP contribution is 2.18. The van der Waals surface area contributed by atoms with Gasteiger partial charge in [0.15, 0.2) is 0 Å². The number of piperidine rings is 1. The van der Waals surface area contributed by atoms with E-state index in [-0.39, 0.29) is 6.04 Å². The minimum absolute atomic E-state index is 0.219. The fourth-order valence-electron chi connectivity index (χ4n) is 3.33. The molecule has 2 saturated heterocycles. The maximum absolute atomic E-state index is 11.7. The molecule has 2 fully saturated rings. The SMILES string of the molecule is CS(=O)(=O)N1CCC[C@@H](NCc2ccc(N3CCCC3)nc2)C1. The summed E-state index contributed by atoms with van der Waals surface area (Å²) < 4.78 is 24.9. The summed E-state index contributed by atoms with van der Waals surface area (Å²) in [5.74, 6) is 1.06. The molecule has 0 saturated carbocycles. The van der Waals surface area contributed by atoms with E-state index in [2.05, 4.69) is 27.3 Å². The Kier molecular flexibility index (Phi) is 5.18. The maximum atomic E-state index is 11.7. The van der Waals surface area contributed by atoms with Crippen LogP contribution in [0.5, 0.6) is 0 Å². The van der Waals surface area contributed by atoms with Crippen molar-refractivity contribution in [2.45, 2.75) is 38.3 Å². The van der Waals surface area contributed by atoms with Crippen molar-refractivity contribution in [3.63, 3.8) is 0 Å². The van der Waals surface area contributed by atoms with Crippen LogP contribution in [0.1, 0.15) is 31.2 Å². The van der Waals surface area contributed by atoms with E-state index in [1.807, 2.05) is 6.20 Å². The molecule has 3 heterocycles. The minimum Gasteiger partial charge on any atom is -0.357 e. The zero-order chi connectivity index (χ0) is 16.3. The third kappa shape index (κ3) is 4.43. The summed E-state index contributed by atoms with van der Waals surface area (Å²) in [6.07, 6.45) is 7.66. The molecule has 6 nitrogen and oxygen atoms in total. The van der Waals surface area contributed by atoms with Gasteiger partial charge in [0.05, 0.1) is 6.26 Å². The first-order valence-electron chi connectivity index (χ1n) is 8.41. The van der Waals surface area contributed by atoms with E-state index in [1.165, 1.54) is 19.1 Å². The van der Waals surface area contributed by atoms with E-state index in [0.29, 0.717) is 13.1 Å². The lowest BCUT2D eigenvalue weighted by Crippen LogP contribution is -2.47. The van der Waals surface area contributed by atoms with Crippen molar-refractivity contribution < 1.29 is 8.42 Å². The van der Waals surface area contributed by atoms with E-state index < -0.39 is 10.0 Å². The van der Waals surface area contributed by atoms with Gasteiger partial charge in [-0.05, 0) is 37.3 Å². The van der Waals surface area contributed by atoms with Gasteiger partial charge in [-0.15, -0.1) is 0 Å². The Labute approximate surface area is 138 Å². The largest absolute Gasteiger partial charge is 0.357 e. The van der Waals surface area contributed by atoms with Gasteiger partial charge in [-0.1, -0.05) is 6.07 Å². The van der Waals surface area contributed by atoms with Crippen LogP contribution in [0.4, 0.5) is 5.82 Å². The van der Waals surface area contributed by atoms with Crippen LogP contribution >= 0.6 is 0 Å². The van der Waals surface area contributed by atoms with Crippen LogP contribution in [0.2, 0.25) is 0 Å². The molecule has 3 rings (SSSR count). The zero-order valence-corrected chi connectivity index (χ0v) is 14.6. The Morgan fingerprint density at radius 3 is 2.65 bits per heavy atom. The van der Waals surface area contributed by atoms with Crippen LogP contribution in [-0.2, 0) is 16.6 Å². The molecule has 2 aliphatic rings. The first-order valence-corrected chi connectivity index (χ1v) is 10.3. The van der Waals surface area contributed by atoms with Crippen molar-refractivity contribution in [2.75, 3.05) is 37.3 Å². The molecule has 7 heteroatoms. The first-order chi connectivity index (χ1) is 11.0. The fourth-order valence-corrected chi connectivity index (χ4v) is 4.24. The van der Waals surface area contributed by atoms with Gasteiger partial charge in [0.1, 0.15) is 5.82 Å². The van der Waals surface area contributed by atoms with Crippen molar-refractivity contribution in [3.05, 3.63) is 23.9 Å². The third-order valence-corrected chi connectivity index (χ3v) is 5.96. The number of rotatable bonds is 5. The Morgan fingerprint density at radius 1 is 1.22 bits per heavy atom. The second-order valence-corrected chi connectivity index (χ2v) is 8.54. The second kappa shape index (κ2) is 7.15. The predicted molar refractivity (Wildman–Crippen MR) is 92.0 cm³/mol. The average Bonchev–Trinajstić information content (AvgIpc) is 3.07. The standard InChI is InChI=1S/C16H26N4O2S/c1-23(21,22)20-10-4-5-15(13-20)17-11-14-6-7-16(18-12-14)19-8-2-3-9-19/h6-7,12,15,17H,2-5,8-11,13H2,1H3/t15-/m1/s1. The molecule has 1 atom stereocenters. The van der Waals surface area contributed by atoms with Gasteiger partial charge < -0.3 is 10.2 Å². The quantitative estimate of drug-likeness (QED) is 0.874. The smallest absolute Gasteiger partial charge is 0.211 e. The molecule has 0 aromatic carbocycles. The van der Waals surface area contributed by atoms with E-state index in [0.717, 1.165) is 43.9 Å². The summed E-state index contributed by atoms with van der Waals surface area (Å²) in [6, 6.07) is 4.42. The minimum atomic E-state index is -3.08. The molecule has 1 aromatic heterocycles. The van der Waals surface area contributed by atoms with Crippen molar-refractivity contribution >= 4 is 15.8 Å². The van der Waals surface area contributed by atoms with E-state index in [4.69, 9.17) is 0 Å². The number of hydrogen-bond acceptors (Lipinski definition) is 5. The van der Waals surface area contributed by atoms with Gasteiger partial charge in [-0.25, -0.2) is 17.7 Å². The van der Waals surface area contributed by atoms with Crippen LogP contribution in [0.25, 0.3) is 0 Å².